The predicted octanol–water partition coefficient (Wildman–Crippen LogP) is 4.60. The van der Waals surface area contributed by atoms with Crippen molar-refractivity contribution in [3.8, 4) is 0 Å². The van der Waals surface area contributed by atoms with E-state index >= 15 is 0 Å². The van der Waals surface area contributed by atoms with Crippen LogP contribution >= 0.6 is 28.3 Å². The molecule has 32 heavy (non-hydrogen) atoms. The molecule has 0 bridgehead atoms. The summed E-state index contributed by atoms with van der Waals surface area (Å²) in [5.41, 5.74) is 3.09. The number of carbonyl (C=O) groups excluding carboxylic acids is 2. The third-order valence-corrected chi connectivity index (χ3v) is 6.62. The maximum atomic E-state index is 13.7. The van der Waals surface area contributed by atoms with Crippen molar-refractivity contribution in [3.05, 3.63) is 76.3 Å². The summed E-state index contributed by atoms with van der Waals surface area (Å²) in [7, 11) is 1.74. The van der Waals surface area contributed by atoms with E-state index in [0.29, 0.717) is 13.0 Å². The molecule has 5 nitrogen and oxygen atoms in total. The van der Waals surface area contributed by atoms with E-state index in [4.69, 9.17) is 0 Å². The van der Waals surface area contributed by atoms with Crippen molar-refractivity contribution in [2.24, 2.45) is 0 Å². The van der Waals surface area contributed by atoms with E-state index in [-0.39, 0.29) is 30.3 Å². The van der Waals surface area contributed by atoms with Gasteiger partial charge in [-0.1, -0.05) is 64.5 Å². The smallest absolute Gasteiger partial charge is 0.249 e. The highest BCUT2D eigenvalue weighted by Gasteiger charge is 2.32. The Morgan fingerprint density at radius 1 is 1.12 bits per heavy atom. The van der Waals surface area contributed by atoms with E-state index in [2.05, 4.69) is 50.8 Å². The van der Waals surface area contributed by atoms with Gasteiger partial charge >= 0.3 is 0 Å². The number of nitrogens with zero attached hydrogens (tertiary/aromatic N) is 1. The molecule has 0 aliphatic carbocycles. The number of halogens is 2. The van der Waals surface area contributed by atoms with Crippen molar-refractivity contribution in [2.45, 2.75) is 38.4 Å². The Labute approximate surface area is 203 Å². The molecule has 2 N–H and O–H groups in total. The first kappa shape index (κ1) is 24.2. The highest BCUT2D eigenvalue weighted by atomic mass is 79.9. The first-order chi connectivity index (χ1) is 15.0. The van der Waals surface area contributed by atoms with Crippen LogP contribution < -0.4 is 15.5 Å². The van der Waals surface area contributed by atoms with Crippen molar-refractivity contribution < 1.29 is 9.59 Å². The van der Waals surface area contributed by atoms with Crippen LogP contribution in [-0.4, -0.2) is 30.9 Å². The number of benzene rings is 3. The first-order valence-electron chi connectivity index (χ1n) is 10.5. The highest BCUT2D eigenvalue weighted by Crippen LogP contribution is 2.32. The van der Waals surface area contributed by atoms with Crippen LogP contribution in [0.25, 0.3) is 10.8 Å². The number of anilines is 1. The van der Waals surface area contributed by atoms with Gasteiger partial charge in [0.2, 0.25) is 11.8 Å². The van der Waals surface area contributed by atoms with E-state index in [1.165, 1.54) is 0 Å². The van der Waals surface area contributed by atoms with Crippen molar-refractivity contribution in [1.29, 1.82) is 0 Å². The fourth-order valence-electron chi connectivity index (χ4n) is 4.11. The Morgan fingerprint density at radius 3 is 2.59 bits per heavy atom. The lowest BCUT2D eigenvalue weighted by Crippen LogP contribution is -2.52. The number of nitrogens with one attached hydrogen (secondary N) is 2. The van der Waals surface area contributed by atoms with Crippen LogP contribution in [0, 0.1) is 0 Å². The number of rotatable bonds is 5. The zero-order chi connectivity index (χ0) is 22.0. The fourth-order valence-corrected chi connectivity index (χ4v) is 4.75. The van der Waals surface area contributed by atoms with Crippen LogP contribution in [0.4, 0.5) is 5.69 Å². The van der Waals surface area contributed by atoms with Crippen molar-refractivity contribution in [1.82, 2.24) is 10.6 Å². The summed E-state index contributed by atoms with van der Waals surface area (Å²) >= 11 is 3.68. The van der Waals surface area contributed by atoms with E-state index in [0.717, 1.165) is 38.5 Å². The Bertz CT molecular complexity index is 1130. The van der Waals surface area contributed by atoms with Crippen LogP contribution in [0.2, 0.25) is 0 Å². The molecule has 0 aromatic heterocycles. The van der Waals surface area contributed by atoms with Gasteiger partial charge in [0.05, 0.1) is 12.6 Å². The Kier molecular flexibility index (Phi) is 7.93. The molecule has 3 aromatic rings. The molecule has 1 aliphatic heterocycles. The van der Waals surface area contributed by atoms with Gasteiger partial charge < -0.3 is 15.5 Å². The molecule has 0 fully saturated rings. The summed E-state index contributed by atoms with van der Waals surface area (Å²) in [5.74, 6) is -0.245. The maximum absolute atomic E-state index is 13.7. The summed E-state index contributed by atoms with van der Waals surface area (Å²) < 4.78 is 1.00. The molecular formula is C25H27BrClN3O2. The van der Waals surface area contributed by atoms with Gasteiger partial charge in [-0.15, -0.1) is 12.4 Å². The van der Waals surface area contributed by atoms with Crippen molar-refractivity contribution >= 4 is 56.6 Å². The summed E-state index contributed by atoms with van der Waals surface area (Å²) in [6.45, 7) is 2.22. The topological polar surface area (TPSA) is 61.4 Å². The van der Waals surface area contributed by atoms with E-state index in [1.54, 1.807) is 14.0 Å². The second kappa shape index (κ2) is 10.5. The Morgan fingerprint density at radius 2 is 1.84 bits per heavy atom. The number of hydrogen-bond acceptors (Lipinski definition) is 3. The molecule has 2 unspecified atom stereocenters. The first-order valence-corrected chi connectivity index (χ1v) is 11.3. The third-order valence-electron chi connectivity index (χ3n) is 5.96. The molecule has 2 atom stereocenters. The van der Waals surface area contributed by atoms with E-state index < -0.39 is 6.04 Å². The van der Waals surface area contributed by atoms with Crippen LogP contribution in [0.15, 0.2) is 65.1 Å². The van der Waals surface area contributed by atoms with Gasteiger partial charge in [0, 0.05) is 15.5 Å². The average Bonchev–Trinajstić information content (AvgIpc) is 2.91. The molecule has 3 aromatic carbocycles. The molecular weight excluding hydrogens is 490 g/mol. The van der Waals surface area contributed by atoms with Gasteiger partial charge in [-0.3, -0.25) is 9.59 Å². The number of amides is 2. The Balaban J connectivity index is 0.00000289. The monoisotopic (exact) mass is 515 g/mol. The summed E-state index contributed by atoms with van der Waals surface area (Å²) in [4.78, 5) is 28.0. The highest BCUT2D eigenvalue weighted by molar-refractivity contribution is 9.10. The molecule has 168 valence electrons. The zero-order valence-corrected chi connectivity index (χ0v) is 20.5. The number of para-hydroxylation sites is 1. The molecule has 0 saturated carbocycles. The van der Waals surface area contributed by atoms with Gasteiger partial charge in [-0.25, -0.2) is 0 Å². The van der Waals surface area contributed by atoms with Crippen LogP contribution in [0.5, 0.6) is 0 Å². The zero-order valence-electron chi connectivity index (χ0n) is 18.1. The predicted molar refractivity (Wildman–Crippen MR) is 135 cm³/mol. The lowest BCUT2D eigenvalue weighted by atomic mass is 10.0. The molecule has 7 heteroatoms. The SMILES string of the molecule is CNC(C)C(=O)NC1CCc2ccccc2N(Cc2cccc3cccc(Br)c23)C1=O.Cl. The van der Waals surface area contributed by atoms with Crippen molar-refractivity contribution in [2.75, 3.05) is 11.9 Å². The lowest BCUT2D eigenvalue weighted by molar-refractivity contribution is -0.128. The second-order valence-electron chi connectivity index (χ2n) is 7.92. The molecule has 4 rings (SSSR count). The minimum absolute atomic E-state index is 0. The lowest BCUT2D eigenvalue weighted by Gasteiger charge is -2.27. The molecule has 2 amide bonds. The Hall–Kier alpha value is -2.41. The summed E-state index contributed by atoms with van der Waals surface area (Å²) in [6, 6.07) is 19.4. The number of carbonyl (C=O) groups is 2. The summed E-state index contributed by atoms with van der Waals surface area (Å²) in [6.07, 6.45) is 1.31. The summed E-state index contributed by atoms with van der Waals surface area (Å²) in [5, 5.41) is 8.12. The largest absolute Gasteiger partial charge is 0.343 e. The molecule has 1 heterocycles. The number of hydrogen-bond donors (Lipinski definition) is 2. The normalized spacial score (nSPS) is 16.7. The van der Waals surface area contributed by atoms with E-state index in [1.807, 2.05) is 41.3 Å². The maximum Gasteiger partial charge on any atom is 0.249 e. The van der Waals surface area contributed by atoms with Gasteiger partial charge in [-0.2, -0.15) is 0 Å². The quantitative estimate of drug-likeness (QED) is 0.521. The van der Waals surface area contributed by atoms with Gasteiger partial charge in [0.15, 0.2) is 0 Å². The number of aryl methyl sites for hydroxylation is 1. The van der Waals surface area contributed by atoms with Gasteiger partial charge in [-0.05, 0) is 55.5 Å². The molecule has 1 aliphatic rings. The van der Waals surface area contributed by atoms with Crippen LogP contribution in [0.3, 0.4) is 0 Å². The molecule has 0 radical (unpaired) electrons. The standard InChI is InChI=1S/C25H26BrN3O2.ClH/c1-16(27-2)24(30)28-21-14-13-17-7-3-4-12-22(17)29(25(21)31)15-19-10-5-8-18-9-6-11-20(26)23(18)19;/h3-12,16,21,27H,13-15H2,1-2H3,(H,28,30);1H. The molecule has 0 saturated heterocycles. The molecule has 0 spiro atoms. The second-order valence-corrected chi connectivity index (χ2v) is 8.77. The third kappa shape index (κ3) is 4.82. The number of fused-ring (bicyclic) bond motifs is 2. The number of likely N-dealkylation sites (N-methyl/N-ethyl adjacent to an activating group) is 1. The fraction of sp³-hybridized carbons (Fsp3) is 0.280. The average molecular weight is 517 g/mol. The van der Waals surface area contributed by atoms with Gasteiger partial charge in [0.1, 0.15) is 6.04 Å². The van der Waals surface area contributed by atoms with Crippen molar-refractivity contribution in [3.63, 3.8) is 0 Å². The van der Waals surface area contributed by atoms with Crippen LogP contribution in [-0.2, 0) is 22.6 Å². The minimum Gasteiger partial charge on any atom is -0.343 e. The van der Waals surface area contributed by atoms with Gasteiger partial charge in [0.25, 0.3) is 0 Å². The van der Waals surface area contributed by atoms with E-state index in [9.17, 15) is 9.59 Å². The van der Waals surface area contributed by atoms with Crippen LogP contribution in [0.1, 0.15) is 24.5 Å². The minimum atomic E-state index is -0.561.